The molecular weight excluding hydrogens is 364 g/mol. The lowest BCUT2D eigenvalue weighted by atomic mass is 9.97. The van der Waals surface area contributed by atoms with Gasteiger partial charge in [-0.1, -0.05) is 12.1 Å². The fraction of sp³-hybridized carbons (Fsp3) is 0.565. The summed E-state index contributed by atoms with van der Waals surface area (Å²) >= 11 is 0. The summed E-state index contributed by atoms with van der Waals surface area (Å²) in [6.07, 6.45) is 8.32. The molecule has 3 heterocycles. The normalized spacial score (nSPS) is 20.7. The number of hydrogen-bond donors (Lipinski definition) is 0. The lowest BCUT2D eigenvalue weighted by Crippen LogP contribution is -2.46. The quantitative estimate of drug-likeness (QED) is 0.753. The molecule has 4 rings (SSSR count). The predicted octanol–water partition coefficient (Wildman–Crippen LogP) is 2.96. The molecule has 1 atom stereocenters. The lowest BCUT2D eigenvalue weighted by Gasteiger charge is -2.37. The van der Waals surface area contributed by atoms with Crippen molar-refractivity contribution in [2.75, 3.05) is 39.4 Å². The van der Waals surface area contributed by atoms with Crippen molar-refractivity contribution in [1.82, 2.24) is 19.4 Å². The molecule has 1 aromatic heterocycles. The molecule has 2 aromatic rings. The Morgan fingerprint density at radius 3 is 2.66 bits per heavy atom. The summed E-state index contributed by atoms with van der Waals surface area (Å²) in [4.78, 5) is 22.1. The van der Waals surface area contributed by atoms with Crippen LogP contribution in [0.2, 0.25) is 0 Å². The van der Waals surface area contributed by atoms with Crippen LogP contribution in [-0.4, -0.2) is 70.7 Å². The Balaban J connectivity index is 1.37. The Hall–Kier alpha value is -2.18. The number of hydrogen-bond acceptors (Lipinski definition) is 4. The van der Waals surface area contributed by atoms with E-state index >= 15 is 0 Å². The van der Waals surface area contributed by atoms with E-state index in [1.807, 2.05) is 31.5 Å². The number of carbonyl (C=O) groups is 1. The number of aryl methyl sites for hydroxylation is 1. The molecule has 0 radical (unpaired) electrons. The van der Waals surface area contributed by atoms with Gasteiger partial charge in [0.05, 0.1) is 13.2 Å². The van der Waals surface area contributed by atoms with Crippen LogP contribution in [0.15, 0.2) is 36.7 Å². The molecule has 6 nitrogen and oxygen atoms in total. The number of amides is 1. The molecular formula is C23H32N4O2. The Bertz CT molecular complexity index is 795. The van der Waals surface area contributed by atoms with Crippen molar-refractivity contribution in [1.29, 1.82) is 0 Å². The summed E-state index contributed by atoms with van der Waals surface area (Å²) in [6, 6.07) is 8.46. The number of ether oxygens (including phenoxy) is 1. The molecule has 0 spiro atoms. The van der Waals surface area contributed by atoms with Gasteiger partial charge in [0.15, 0.2) is 0 Å². The highest BCUT2D eigenvalue weighted by Gasteiger charge is 2.28. The van der Waals surface area contributed by atoms with Crippen molar-refractivity contribution in [3.05, 3.63) is 53.6 Å². The number of imidazole rings is 1. The second-order valence-electron chi connectivity index (χ2n) is 8.19. The maximum atomic E-state index is 13.2. The molecule has 1 amide bonds. The summed E-state index contributed by atoms with van der Waals surface area (Å²) in [7, 11) is 0. The first-order valence-electron chi connectivity index (χ1n) is 10.9. The van der Waals surface area contributed by atoms with Crippen molar-refractivity contribution in [2.45, 2.75) is 45.2 Å². The van der Waals surface area contributed by atoms with Gasteiger partial charge in [0.2, 0.25) is 0 Å². The fourth-order valence-corrected chi connectivity index (χ4v) is 4.41. The molecule has 0 saturated carbocycles. The minimum absolute atomic E-state index is 0.182. The number of piperidine rings is 1. The van der Waals surface area contributed by atoms with Crippen LogP contribution in [0.25, 0.3) is 0 Å². The van der Waals surface area contributed by atoms with E-state index in [0.29, 0.717) is 6.04 Å². The summed E-state index contributed by atoms with van der Waals surface area (Å²) in [5, 5.41) is 0. The van der Waals surface area contributed by atoms with E-state index in [1.165, 1.54) is 12.0 Å². The van der Waals surface area contributed by atoms with Crippen molar-refractivity contribution in [3.8, 4) is 0 Å². The van der Waals surface area contributed by atoms with Crippen molar-refractivity contribution in [3.63, 3.8) is 0 Å². The third-order valence-corrected chi connectivity index (χ3v) is 6.25. The molecule has 156 valence electrons. The molecule has 2 aliphatic rings. The molecule has 2 saturated heterocycles. The van der Waals surface area contributed by atoms with Gasteiger partial charge in [0.1, 0.15) is 5.82 Å². The minimum atomic E-state index is 0.182. The number of nitrogens with zero attached hydrogens (tertiary/aromatic N) is 4. The number of carbonyl (C=O) groups excluding carboxylic acids is 1. The molecule has 0 aliphatic carbocycles. The van der Waals surface area contributed by atoms with Gasteiger partial charge in [0, 0.05) is 56.7 Å². The smallest absolute Gasteiger partial charge is 0.254 e. The van der Waals surface area contributed by atoms with Crippen LogP contribution in [0.5, 0.6) is 0 Å². The first-order valence-corrected chi connectivity index (χ1v) is 10.9. The van der Waals surface area contributed by atoms with E-state index in [0.717, 1.165) is 76.6 Å². The average Bonchev–Trinajstić information content (AvgIpc) is 3.17. The number of likely N-dealkylation sites (tertiary alicyclic amines) is 1. The standard InChI is InChI=1S/C23H32N4O2/c1-19-24-10-13-26(19)18-20-5-7-21(8-6-20)23(28)27-11-3-2-4-22(27)9-12-25-14-16-29-17-15-25/h5-8,10,13,22H,2-4,9,11-12,14-18H2,1H3. The van der Waals surface area contributed by atoms with Crippen molar-refractivity contribution < 1.29 is 9.53 Å². The summed E-state index contributed by atoms with van der Waals surface area (Å²) in [5.41, 5.74) is 1.99. The Morgan fingerprint density at radius 1 is 1.14 bits per heavy atom. The van der Waals surface area contributed by atoms with Crippen LogP contribution in [0, 0.1) is 6.92 Å². The molecule has 1 unspecified atom stereocenters. The summed E-state index contributed by atoms with van der Waals surface area (Å²) in [5.74, 6) is 1.18. The Labute approximate surface area is 173 Å². The molecule has 0 bridgehead atoms. The minimum Gasteiger partial charge on any atom is -0.379 e. The van der Waals surface area contributed by atoms with Crippen LogP contribution in [-0.2, 0) is 11.3 Å². The lowest BCUT2D eigenvalue weighted by molar-refractivity contribution is 0.0295. The largest absolute Gasteiger partial charge is 0.379 e. The number of benzene rings is 1. The second-order valence-corrected chi connectivity index (χ2v) is 8.19. The van der Waals surface area contributed by atoms with Crippen molar-refractivity contribution in [2.24, 2.45) is 0 Å². The maximum Gasteiger partial charge on any atom is 0.254 e. The monoisotopic (exact) mass is 396 g/mol. The van der Waals surface area contributed by atoms with Gasteiger partial charge in [-0.2, -0.15) is 0 Å². The van der Waals surface area contributed by atoms with E-state index in [4.69, 9.17) is 4.74 Å². The SMILES string of the molecule is Cc1nccn1Cc1ccc(C(=O)N2CCCCC2CCN2CCOCC2)cc1. The van der Waals surface area contributed by atoms with E-state index in [1.54, 1.807) is 0 Å². The van der Waals surface area contributed by atoms with E-state index in [2.05, 4.69) is 31.5 Å². The molecule has 1 aromatic carbocycles. The first-order chi connectivity index (χ1) is 14.2. The fourth-order valence-electron chi connectivity index (χ4n) is 4.41. The predicted molar refractivity (Wildman–Crippen MR) is 113 cm³/mol. The second kappa shape index (κ2) is 9.55. The molecule has 29 heavy (non-hydrogen) atoms. The molecule has 6 heteroatoms. The summed E-state index contributed by atoms with van der Waals surface area (Å²) in [6.45, 7) is 8.41. The van der Waals surface area contributed by atoms with Gasteiger partial charge < -0.3 is 14.2 Å². The highest BCUT2D eigenvalue weighted by atomic mass is 16.5. The van der Waals surface area contributed by atoms with Crippen LogP contribution in [0.3, 0.4) is 0 Å². The topological polar surface area (TPSA) is 50.6 Å². The van der Waals surface area contributed by atoms with Crippen LogP contribution >= 0.6 is 0 Å². The van der Waals surface area contributed by atoms with E-state index in [9.17, 15) is 4.79 Å². The highest BCUT2D eigenvalue weighted by molar-refractivity contribution is 5.94. The van der Waals surface area contributed by atoms with Gasteiger partial charge in [0.25, 0.3) is 5.91 Å². The average molecular weight is 397 g/mol. The van der Waals surface area contributed by atoms with Gasteiger partial charge in [-0.15, -0.1) is 0 Å². The number of rotatable bonds is 6. The van der Waals surface area contributed by atoms with E-state index < -0.39 is 0 Å². The van der Waals surface area contributed by atoms with Crippen LogP contribution in [0.4, 0.5) is 0 Å². The Morgan fingerprint density at radius 2 is 1.93 bits per heavy atom. The Kier molecular flexibility index (Phi) is 6.62. The van der Waals surface area contributed by atoms with Crippen molar-refractivity contribution >= 4 is 5.91 Å². The molecule has 2 aliphatic heterocycles. The first kappa shape index (κ1) is 20.1. The number of morpholine rings is 1. The zero-order chi connectivity index (χ0) is 20.1. The highest BCUT2D eigenvalue weighted by Crippen LogP contribution is 2.23. The van der Waals surface area contributed by atoms with Crippen LogP contribution < -0.4 is 0 Å². The number of aromatic nitrogens is 2. The van der Waals surface area contributed by atoms with E-state index in [-0.39, 0.29) is 5.91 Å². The van der Waals surface area contributed by atoms with Gasteiger partial charge in [-0.3, -0.25) is 9.69 Å². The van der Waals surface area contributed by atoms with Gasteiger partial charge in [-0.25, -0.2) is 4.98 Å². The third kappa shape index (κ3) is 5.06. The zero-order valence-corrected chi connectivity index (χ0v) is 17.4. The maximum absolute atomic E-state index is 13.2. The zero-order valence-electron chi connectivity index (χ0n) is 17.4. The third-order valence-electron chi connectivity index (χ3n) is 6.25. The van der Waals surface area contributed by atoms with Crippen LogP contribution in [0.1, 0.15) is 47.4 Å². The molecule has 2 fully saturated rings. The molecule has 0 N–H and O–H groups in total. The summed E-state index contributed by atoms with van der Waals surface area (Å²) < 4.78 is 7.56. The van der Waals surface area contributed by atoms with Gasteiger partial charge >= 0.3 is 0 Å². The van der Waals surface area contributed by atoms with Gasteiger partial charge in [-0.05, 0) is 50.3 Å².